The number of ketones is 1. The van der Waals surface area contributed by atoms with E-state index in [1.807, 2.05) is 0 Å². The van der Waals surface area contributed by atoms with Crippen molar-refractivity contribution in [1.82, 2.24) is 10.3 Å². The number of Topliss-reactive ketones (excluding diaryl/α,β-unsaturated/α-hetero) is 1. The summed E-state index contributed by atoms with van der Waals surface area (Å²) in [5, 5.41) is 5.07. The Kier molecular flexibility index (Phi) is 6.12. The molecule has 0 radical (unpaired) electrons. The zero-order valence-electron chi connectivity index (χ0n) is 15.6. The van der Waals surface area contributed by atoms with Gasteiger partial charge in [-0.3, -0.25) is 14.4 Å². The van der Waals surface area contributed by atoms with Crippen molar-refractivity contribution >= 4 is 29.3 Å². The summed E-state index contributed by atoms with van der Waals surface area (Å²) in [4.78, 5) is 50.0. The molecule has 0 spiro atoms. The molecule has 27 heavy (non-hydrogen) atoms. The molecule has 0 aliphatic heterocycles. The number of hydrogen-bond acceptors (Lipinski definition) is 5. The lowest BCUT2D eigenvalue weighted by Crippen LogP contribution is -2.21. The normalized spacial score (nSPS) is 10.2. The van der Waals surface area contributed by atoms with E-state index in [0.717, 1.165) is 0 Å². The van der Waals surface area contributed by atoms with Crippen LogP contribution in [0.25, 0.3) is 0 Å². The summed E-state index contributed by atoms with van der Waals surface area (Å²) in [5.74, 6) is -1.63. The molecule has 0 saturated heterocycles. The predicted molar refractivity (Wildman–Crippen MR) is 99.0 cm³/mol. The van der Waals surface area contributed by atoms with E-state index in [-0.39, 0.29) is 17.4 Å². The topological polar surface area (TPSA) is 117 Å². The number of ether oxygens (including phenoxy) is 1. The van der Waals surface area contributed by atoms with E-state index in [1.165, 1.54) is 14.0 Å². The number of H-pyrrole nitrogens is 1. The number of aromatic amines is 1. The number of hydrogen-bond donors (Lipinski definition) is 3. The van der Waals surface area contributed by atoms with Gasteiger partial charge in [-0.1, -0.05) is 0 Å². The maximum atomic E-state index is 12.2. The van der Waals surface area contributed by atoms with Crippen LogP contribution in [0.3, 0.4) is 0 Å². The molecule has 0 aliphatic carbocycles. The van der Waals surface area contributed by atoms with E-state index in [9.17, 15) is 19.2 Å². The number of carbonyl (C=O) groups is 4. The van der Waals surface area contributed by atoms with E-state index < -0.39 is 18.5 Å². The first-order chi connectivity index (χ1) is 12.7. The number of nitrogens with one attached hydrogen (secondary N) is 3. The Hall–Kier alpha value is -3.42. The minimum Gasteiger partial charge on any atom is -0.451 e. The van der Waals surface area contributed by atoms with Crippen LogP contribution in [0.1, 0.15) is 49.4 Å². The standard InChI is InChI=1S/C19H21N3O5/c1-10-16(12(3)23)11(2)21-17(10)19(26)27-9-15(24)22-14-7-5-13(6-8-14)18(25)20-4/h5-8,21H,9H2,1-4H3,(H,20,25)(H,22,24). The minimum atomic E-state index is -0.715. The second kappa shape index (κ2) is 8.31. The summed E-state index contributed by atoms with van der Waals surface area (Å²) >= 11 is 0. The fourth-order valence-electron chi connectivity index (χ4n) is 2.73. The van der Waals surface area contributed by atoms with Crippen LogP contribution in [-0.4, -0.2) is 42.2 Å². The van der Waals surface area contributed by atoms with Crippen LogP contribution in [0, 0.1) is 13.8 Å². The molecule has 142 valence electrons. The van der Waals surface area contributed by atoms with E-state index in [2.05, 4.69) is 15.6 Å². The number of anilines is 1. The highest BCUT2D eigenvalue weighted by Crippen LogP contribution is 2.19. The maximum Gasteiger partial charge on any atom is 0.355 e. The van der Waals surface area contributed by atoms with Crippen LogP contribution in [0.2, 0.25) is 0 Å². The molecule has 0 fully saturated rings. The van der Waals surface area contributed by atoms with Crippen molar-refractivity contribution in [2.24, 2.45) is 0 Å². The van der Waals surface area contributed by atoms with Gasteiger partial charge in [0.2, 0.25) is 0 Å². The average molecular weight is 371 g/mol. The summed E-state index contributed by atoms with van der Waals surface area (Å²) in [5.41, 5.74) is 2.60. The minimum absolute atomic E-state index is 0.153. The first kappa shape index (κ1) is 19.9. The van der Waals surface area contributed by atoms with Crippen LogP contribution < -0.4 is 10.6 Å². The molecule has 1 aromatic heterocycles. The maximum absolute atomic E-state index is 12.2. The third-order valence-corrected chi connectivity index (χ3v) is 3.99. The van der Waals surface area contributed by atoms with Gasteiger partial charge in [0.15, 0.2) is 12.4 Å². The van der Waals surface area contributed by atoms with Crippen LogP contribution in [0.15, 0.2) is 24.3 Å². The Morgan fingerprint density at radius 3 is 2.22 bits per heavy atom. The molecule has 0 bridgehead atoms. The quantitative estimate of drug-likeness (QED) is 0.530. The SMILES string of the molecule is CNC(=O)c1ccc(NC(=O)COC(=O)c2[nH]c(C)c(C(C)=O)c2C)cc1. The molecular formula is C19H21N3O5. The first-order valence-electron chi connectivity index (χ1n) is 8.23. The third-order valence-electron chi connectivity index (χ3n) is 3.99. The lowest BCUT2D eigenvalue weighted by atomic mass is 10.1. The van der Waals surface area contributed by atoms with Gasteiger partial charge < -0.3 is 20.4 Å². The highest BCUT2D eigenvalue weighted by Gasteiger charge is 2.21. The van der Waals surface area contributed by atoms with E-state index in [1.54, 1.807) is 38.1 Å². The van der Waals surface area contributed by atoms with Gasteiger partial charge in [0, 0.05) is 29.6 Å². The summed E-state index contributed by atoms with van der Waals surface area (Å²) in [6.07, 6.45) is 0. The molecule has 2 aromatic rings. The Balaban J connectivity index is 1.96. The molecule has 0 atom stereocenters. The molecule has 1 heterocycles. The Labute approximate surface area is 156 Å². The summed E-state index contributed by atoms with van der Waals surface area (Å²) < 4.78 is 5.01. The highest BCUT2D eigenvalue weighted by atomic mass is 16.5. The van der Waals surface area contributed by atoms with E-state index in [4.69, 9.17) is 4.74 Å². The van der Waals surface area contributed by atoms with Gasteiger partial charge in [-0.25, -0.2) is 4.79 Å². The first-order valence-corrected chi connectivity index (χ1v) is 8.23. The van der Waals surface area contributed by atoms with E-state index >= 15 is 0 Å². The number of aromatic nitrogens is 1. The van der Waals surface area contributed by atoms with Gasteiger partial charge in [-0.15, -0.1) is 0 Å². The van der Waals surface area contributed by atoms with Crippen molar-refractivity contribution in [2.45, 2.75) is 20.8 Å². The van der Waals surface area contributed by atoms with Crippen molar-refractivity contribution in [2.75, 3.05) is 19.0 Å². The van der Waals surface area contributed by atoms with Crippen molar-refractivity contribution < 1.29 is 23.9 Å². The van der Waals surface area contributed by atoms with Gasteiger partial charge in [0.25, 0.3) is 11.8 Å². The predicted octanol–water partition coefficient (Wildman–Crippen LogP) is 1.99. The fourth-order valence-corrected chi connectivity index (χ4v) is 2.73. The molecule has 0 aliphatic rings. The van der Waals surface area contributed by atoms with Crippen molar-refractivity contribution in [3.8, 4) is 0 Å². The van der Waals surface area contributed by atoms with Gasteiger partial charge in [-0.05, 0) is 50.6 Å². The summed E-state index contributed by atoms with van der Waals surface area (Å²) in [7, 11) is 1.53. The van der Waals surface area contributed by atoms with Gasteiger partial charge in [-0.2, -0.15) is 0 Å². The zero-order chi connectivity index (χ0) is 20.1. The zero-order valence-corrected chi connectivity index (χ0v) is 15.6. The van der Waals surface area contributed by atoms with Gasteiger partial charge in [0.1, 0.15) is 5.69 Å². The molecule has 8 nitrogen and oxygen atoms in total. The monoisotopic (exact) mass is 371 g/mol. The number of amides is 2. The summed E-state index contributed by atoms with van der Waals surface area (Å²) in [6.45, 7) is 4.27. The van der Waals surface area contributed by atoms with Crippen molar-refractivity contribution in [1.29, 1.82) is 0 Å². The number of benzene rings is 1. The van der Waals surface area contributed by atoms with Crippen LogP contribution in [0.4, 0.5) is 5.69 Å². The van der Waals surface area contributed by atoms with Crippen LogP contribution in [-0.2, 0) is 9.53 Å². The number of esters is 1. The third kappa shape index (κ3) is 4.60. The number of aryl methyl sites for hydroxylation is 1. The van der Waals surface area contributed by atoms with Crippen LogP contribution in [0.5, 0.6) is 0 Å². The molecule has 0 unspecified atom stereocenters. The highest BCUT2D eigenvalue weighted by molar-refractivity contribution is 6.02. The smallest absolute Gasteiger partial charge is 0.355 e. The summed E-state index contributed by atoms with van der Waals surface area (Å²) in [6, 6.07) is 6.27. The Morgan fingerprint density at radius 1 is 1.07 bits per heavy atom. The Bertz CT molecular complexity index is 897. The lowest BCUT2D eigenvalue weighted by molar-refractivity contribution is -0.119. The number of carbonyl (C=O) groups excluding carboxylic acids is 4. The molecule has 2 amide bonds. The number of rotatable bonds is 6. The lowest BCUT2D eigenvalue weighted by Gasteiger charge is -2.07. The largest absolute Gasteiger partial charge is 0.451 e. The van der Waals surface area contributed by atoms with Crippen molar-refractivity contribution in [3.63, 3.8) is 0 Å². The second-order valence-electron chi connectivity index (χ2n) is 5.96. The second-order valence-corrected chi connectivity index (χ2v) is 5.96. The van der Waals surface area contributed by atoms with Gasteiger partial charge >= 0.3 is 5.97 Å². The Morgan fingerprint density at radius 2 is 1.70 bits per heavy atom. The van der Waals surface area contributed by atoms with E-state index in [0.29, 0.717) is 28.1 Å². The average Bonchev–Trinajstić information content (AvgIpc) is 2.94. The molecule has 8 heteroatoms. The van der Waals surface area contributed by atoms with Gasteiger partial charge in [0.05, 0.1) is 0 Å². The molecule has 1 aromatic carbocycles. The molecule has 0 saturated carbocycles. The molecule has 3 N–H and O–H groups in total. The molecule has 2 rings (SSSR count). The molecular weight excluding hydrogens is 350 g/mol. The van der Waals surface area contributed by atoms with Crippen molar-refractivity contribution in [3.05, 3.63) is 52.3 Å². The fraction of sp³-hybridized carbons (Fsp3) is 0.263. The van der Waals surface area contributed by atoms with Crippen LogP contribution >= 0.6 is 0 Å².